The van der Waals surface area contributed by atoms with Gasteiger partial charge in [-0.2, -0.15) is 10.4 Å². The summed E-state index contributed by atoms with van der Waals surface area (Å²) in [6, 6.07) is 3.74. The third-order valence-corrected chi connectivity index (χ3v) is 2.33. The molecule has 1 rings (SSSR count). The lowest BCUT2D eigenvalue weighted by molar-refractivity contribution is 0.0528. The molecule has 0 aliphatic carbocycles. The lowest BCUT2D eigenvalue weighted by Crippen LogP contribution is -2.33. The Hall–Kier alpha value is -2.03. The fraction of sp³-hybridized carbons (Fsp3) is 0.615. The Labute approximate surface area is 113 Å². The quantitative estimate of drug-likeness (QED) is 0.899. The average molecular weight is 264 g/mol. The standard InChI is InChI=1S/C13H20N4O2/c1-5-17-11(8-10(9-14)16-17)6-7-15-12(18)19-13(2,3)4/h8H,5-7H2,1-4H3,(H,15,18). The molecule has 0 aliphatic heterocycles. The van der Waals surface area contributed by atoms with Crippen molar-refractivity contribution in [3.8, 4) is 6.07 Å². The predicted molar refractivity (Wildman–Crippen MR) is 70.6 cm³/mol. The van der Waals surface area contributed by atoms with Crippen LogP contribution in [-0.2, 0) is 17.7 Å². The number of nitrogens with one attached hydrogen (secondary N) is 1. The van der Waals surface area contributed by atoms with E-state index < -0.39 is 11.7 Å². The van der Waals surface area contributed by atoms with Crippen molar-refractivity contribution in [3.05, 3.63) is 17.5 Å². The first kappa shape index (κ1) is 15.0. The van der Waals surface area contributed by atoms with Gasteiger partial charge in [-0.05, 0) is 33.8 Å². The predicted octanol–water partition coefficient (Wildman–Crippen LogP) is 1.84. The van der Waals surface area contributed by atoms with Gasteiger partial charge in [0, 0.05) is 25.2 Å². The first-order chi connectivity index (χ1) is 8.85. The van der Waals surface area contributed by atoms with Gasteiger partial charge in [0.15, 0.2) is 5.69 Å². The molecule has 6 heteroatoms. The molecule has 0 radical (unpaired) electrons. The van der Waals surface area contributed by atoms with E-state index in [0.29, 0.717) is 25.2 Å². The SMILES string of the molecule is CCn1nc(C#N)cc1CCNC(=O)OC(C)(C)C. The van der Waals surface area contributed by atoms with Crippen LogP contribution in [0.25, 0.3) is 0 Å². The Kier molecular flexibility index (Phi) is 4.93. The summed E-state index contributed by atoms with van der Waals surface area (Å²) in [5.41, 5.74) is 0.827. The summed E-state index contributed by atoms with van der Waals surface area (Å²) < 4.78 is 6.89. The van der Waals surface area contributed by atoms with Gasteiger partial charge in [-0.15, -0.1) is 0 Å². The fourth-order valence-electron chi connectivity index (χ4n) is 1.59. The number of aryl methyl sites for hydroxylation is 1. The lowest BCUT2D eigenvalue weighted by atomic mass is 10.2. The van der Waals surface area contributed by atoms with Crippen LogP contribution in [0.2, 0.25) is 0 Å². The summed E-state index contributed by atoms with van der Waals surface area (Å²) in [6.45, 7) is 8.56. The van der Waals surface area contributed by atoms with Crippen molar-refractivity contribution in [3.63, 3.8) is 0 Å². The van der Waals surface area contributed by atoms with Gasteiger partial charge in [-0.1, -0.05) is 0 Å². The van der Waals surface area contributed by atoms with Crippen molar-refractivity contribution in [2.45, 2.75) is 46.3 Å². The Bertz CT molecular complexity index is 480. The molecular formula is C13H20N4O2. The van der Waals surface area contributed by atoms with E-state index in [1.807, 2.05) is 33.8 Å². The topological polar surface area (TPSA) is 79.9 Å². The van der Waals surface area contributed by atoms with Crippen LogP contribution in [0.15, 0.2) is 6.07 Å². The average Bonchev–Trinajstić information content (AvgIpc) is 2.69. The monoisotopic (exact) mass is 264 g/mol. The zero-order valence-electron chi connectivity index (χ0n) is 11.9. The van der Waals surface area contributed by atoms with Gasteiger partial charge >= 0.3 is 6.09 Å². The van der Waals surface area contributed by atoms with Crippen molar-refractivity contribution in [1.82, 2.24) is 15.1 Å². The van der Waals surface area contributed by atoms with Gasteiger partial charge in [0.25, 0.3) is 0 Å². The molecule has 0 saturated carbocycles. The second-order valence-electron chi connectivity index (χ2n) is 5.13. The van der Waals surface area contributed by atoms with Crippen LogP contribution in [0.3, 0.4) is 0 Å². The first-order valence-corrected chi connectivity index (χ1v) is 6.29. The van der Waals surface area contributed by atoms with E-state index >= 15 is 0 Å². The number of hydrogen-bond donors (Lipinski definition) is 1. The molecule has 0 saturated heterocycles. The van der Waals surface area contributed by atoms with E-state index in [-0.39, 0.29) is 0 Å². The third-order valence-electron chi connectivity index (χ3n) is 2.33. The molecule has 0 aromatic carbocycles. The lowest BCUT2D eigenvalue weighted by Gasteiger charge is -2.19. The molecule has 1 aromatic rings. The van der Waals surface area contributed by atoms with E-state index in [1.54, 1.807) is 10.7 Å². The second-order valence-corrected chi connectivity index (χ2v) is 5.13. The van der Waals surface area contributed by atoms with E-state index in [1.165, 1.54) is 0 Å². The number of carbonyl (C=O) groups is 1. The molecule has 1 N–H and O–H groups in total. The number of aromatic nitrogens is 2. The van der Waals surface area contributed by atoms with Crippen LogP contribution in [0.5, 0.6) is 0 Å². The Balaban J connectivity index is 2.47. The highest BCUT2D eigenvalue weighted by Gasteiger charge is 2.15. The summed E-state index contributed by atoms with van der Waals surface area (Å²) in [4.78, 5) is 11.5. The van der Waals surface area contributed by atoms with Gasteiger partial charge in [-0.25, -0.2) is 4.79 Å². The number of nitrogens with zero attached hydrogens (tertiary/aromatic N) is 3. The highest BCUT2D eigenvalue weighted by atomic mass is 16.6. The van der Waals surface area contributed by atoms with Crippen LogP contribution in [-0.4, -0.2) is 28.0 Å². The van der Waals surface area contributed by atoms with E-state index in [9.17, 15) is 4.79 Å². The molecule has 0 unspecified atom stereocenters. The van der Waals surface area contributed by atoms with Crippen molar-refractivity contribution in [2.75, 3.05) is 6.54 Å². The van der Waals surface area contributed by atoms with E-state index in [0.717, 1.165) is 5.69 Å². The number of hydrogen-bond acceptors (Lipinski definition) is 4. The molecule has 19 heavy (non-hydrogen) atoms. The summed E-state index contributed by atoms with van der Waals surface area (Å²) in [6.07, 6.45) is 0.178. The molecule has 0 fully saturated rings. The second kappa shape index (κ2) is 6.23. The summed E-state index contributed by atoms with van der Waals surface area (Å²) in [5.74, 6) is 0. The van der Waals surface area contributed by atoms with Crippen LogP contribution in [0.4, 0.5) is 4.79 Å². The molecule has 104 valence electrons. The summed E-state index contributed by atoms with van der Waals surface area (Å²) in [7, 11) is 0. The molecule has 1 aromatic heterocycles. The van der Waals surface area contributed by atoms with Gasteiger partial charge in [0.2, 0.25) is 0 Å². The molecule has 1 amide bonds. The molecule has 1 heterocycles. The number of nitriles is 1. The van der Waals surface area contributed by atoms with Crippen LogP contribution >= 0.6 is 0 Å². The van der Waals surface area contributed by atoms with Gasteiger partial charge < -0.3 is 10.1 Å². The van der Waals surface area contributed by atoms with Crippen LogP contribution in [0, 0.1) is 11.3 Å². The minimum Gasteiger partial charge on any atom is -0.444 e. The number of alkyl carbamates (subject to hydrolysis) is 1. The van der Waals surface area contributed by atoms with Crippen molar-refractivity contribution < 1.29 is 9.53 Å². The largest absolute Gasteiger partial charge is 0.444 e. The smallest absolute Gasteiger partial charge is 0.407 e. The highest BCUT2D eigenvalue weighted by Crippen LogP contribution is 2.07. The summed E-state index contributed by atoms with van der Waals surface area (Å²) in [5, 5.41) is 15.6. The maximum Gasteiger partial charge on any atom is 0.407 e. The number of amides is 1. The Morgan fingerprint density at radius 3 is 2.79 bits per heavy atom. The number of ether oxygens (including phenoxy) is 1. The van der Waals surface area contributed by atoms with Crippen molar-refractivity contribution >= 4 is 6.09 Å². The minimum absolute atomic E-state index is 0.397. The minimum atomic E-state index is -0.497. The third kappa shape index (κ3) is 5.00. The summed E-state index contributed by atoms with van der Waals surface area (Å²) >= 11 is 0. The van der Waals surface area contributed by atoms with Gasteiger partial charge in [0.1, 0.15) is 11.7 Å². The zero-order chi connectivity index (χ0) is 14.5. The number of rotatable bonds is 4. The van der Waals surface area contributed by atoms with Gasteiger partial charge in [0.05, 0.1) is 0 Å². The van der Waals surface area contributed by atoms with Crippen molar-refractivity contribution in [1.29, 1.82) is 5.26 Å². The Morgan fingerprint density at radius 2 is 2.26 bits per heavy atom. The number of carbonyl (C=O) groups excluding carboxylic acids is 1. The normalized spacial score (nSPS) is 10.9. The van der Waals surface area contributed by atoms with Crippen LogP contribution < -0.4 is 5.32 Å². The molecule has 0 spiro atoms. The maximum absolute atomic E-state index is 11.5. The molecule has 0 aliphatic rings. The van der Waals surface area contributed by atoms with E-state index in [4.69, 9.17) is 10.00 Å². The fourth-order valence-corrected chi connectivity index (χ4v) is 1.59. The highest BCUT2D eigenvalue weighted by molar-refractivity contribution is 5.67. The first-order valence-electron chi connectivity index (χ1n) is 6.29. The maximum atomic E-state index is 11.5. The molecular weight excluding hydrogens is 244 g/mol. The van der Waals surface area contributed by atoms with Crippen LogP contribution in [0.1, 0.15) is 39.1 Å². The Morgan fingerprint density at radius 1 is 1.58 bits per heavy atom. The molecule has 0 atom stereocenters. The van der Waals surface area contributed by atoms with E-state index in [2.05, 4.69) is 10.4 Å². The molecule has 6 nitrogen and oxygen atoms in total. The molecule has 0 bridgehead atoms. The van der Waals surface area contributed by atoms with Gasteiger partial charge in [-0.3, -0.25) is 4.68 Å². The van der Waals surface area contributed by atoms with Crippen molar-refractivity contribution in [2.24, 2.45) is 0 Å². The zero-order valence-corrected chi connectivity index (χ0v) is 11.9.